The summed E-state index contributed by atoms with van der Waals surface area (Å²) in [6.45, 7) is 0. The third-order valence-corrected chi connectivity index (χ3v) is 1.50. The second-order valence-electron chi connectivity index (χ2n) is 1.84. The number of benzene rings is 1. The van der Waals surface area contributed by atoms with E-state index in [1.165, 1.54) is 5.54 Å². The van der Waals surface area contributed by atoms with Crippen molar-refractivity contribution in [2.45, 2.75) is 0 Å². The molecular weight excluding hydrogens is 167 g/mol. The highest BCUT2D eigenvalue weighted by molar-refractivity contribution is 6.30. The molecule has 0 spiro atoms. The Bertz CT molecular complexity index is 224. The van der Waals surface area contributed by atoms with Gasteiger partial charge in [-0.3, -0.25) is 0 Å². The standard InChI is InChI=1S/C8H6Cl2/c9-6-5-7-1-3-8(10)4-2-7/h1-6H/b6-5-. The molecule has 0 aliphatic rings. The lowest BCUT2D eigenvalue weighted by Crippen LogP contribution is -1.68. The Balaban J connectivity index is 2.89. The van der Waals surface area contributed by atoms with Crippen molar-refractivity contribution in [2.24, 2.45) is 0 Å². The number of hydrogen-bond acceptors (Lipinski definition) is 0. The van der Waals surface area contributed by atoms with Crippen LogP contribution in [0.4, 0.5) is 0 Å². The summed E-state index contributed by atoms with van der Waals surface area (Å²) < 4.78 is 0. The molecule has 0 aromatic heterocycles. The molecule has 0 fully saturated rings. The first-order valence-electron chi connectivity index (χ1n) is 2.85. The van der Waals surface area contributed by atoms with Gasteiger partial charge >= 0.3 is 0 Å². The summed E-state index contributed by atoms with van der Waals surface area (Å²) in [6, 6.07) is 7.46. The molecule has 0 saturated carbocycles. The van der Waals surface area contributed by atoms with Crippen LogP contribution in [0.25, 0.3) is 6.08 Å². The molecule has 0 radical (unpaired) electrons. The monoisotopic (exact) mass is 172 g/mol. The molecule has 0 atom stereocenters. The molecule has 0 unspecified atom stereocenters. The summed E-state index contributed by atoms with van der Waals surface area (Å²) in [7, 11) is 0. The van der Waals surface area contributed by atoms with Crippen LogP contribution in [-0.2, 0) is 0 Å². The van der Waals surface area contributed by atoms with Crippen LogP contribution in [0.2, 0.25) is 5.02 Å². The number of rotatable bonds is 1. The third kappa shape index (κ3) is 2.05. The summed E-state index contributed by atoms with van der Waals surface area (Å²) in [5.41, 5.74) is 2.53. The summed E-state index contributed by atoms with van der Waals surface area (Å²) >= 11 is 11.0. The maximum absolute atomic E-state index is 5.65. The molecule has 2 heteroatoms. The quantitative estimate of drug-likeness (QED) is 0.609. The molecule has 52 valence electrons. The molecule has 0 saturated heterocycles. The van der Waals surface area contributed by atoms with Gasteiger partial charge in [0.15, 0.2) is 0 Å². The average molecular weight is 173 g/mol. The van der Waals surface area contributed by atoms with Gasteiger partial charge in [-0.05, 0) is 23.8 Å². The second-order valence-corrected chi connectivity index (χ2v) is 2.53. The van der Waals surface area contributed by atoms with Gasteiger partial charge < -0.3 is 0 Å². The van der Waals surface area contributed by atoms with E-state index in [0.717, 1.165) is 10.6 Å². The number of hydrogen-bond donors (Lipinski definition) is 0. The van der Waals surface area contributed by atoms with Gasteiger partial charge in [0, 0.05) is 10.6 Å². The van der Waals surface area contributed by atoms with Crippen molar-refractivity contribution in [3.05, 3.63) is 40.4 Å². The third-order valence-electron chi connectivity index (χ3n) is 1.13. The van der Waals surface area contributed by atoms with E-state index < -0.39 is 0 Å². The molecule has 1 aromatic carbocycles. The minimum Gasteiger partial charge on any atom is -0.0929 e. The maximum atomic E-state index is 5.65. The van der Waals surface area contributed by atoms with Crippen molar-refractivity contribution in [3.63, 3.8) is 0 Å². The van der Waals surface area contributed by atoms with E-state index in [4.69, 9.17) is 23.2 Å². The Kier molecular flexibility index (Phi) is 2.79. The lowest BCUT2D eigenvalue weighted by Gasteiger charge is -1.90. The van der Waals surface area contributed by atoms with Gasteiger partial charge in [0.25, 0.3) is 0 Å². The highest BCUT2D eigenvalue weighted by atomic mass is 35.5. The summed E-state index contributed by atoms with van der Waals surface area (Å²) in [6.07, 6.45) is 1.80. The smallest absolute Gasteiger partial charge is 0.0406 e. The summed E-state index contributed by atoms with van der Waals surface area (Å²) in [5.74, 6) is 0. The van der Waals surface area contributed by atoms with E-state index >= 15 is 0 Å². The first kappa shape index (κ1) is 7.64. The molecule has 0 heterocycles. The highest BCUT2D eigenvalue weighted by Crippen LogP contribution is 2.10. The Labute approximate surface area is 70.1 Å². The minimum atomic E-state index is 0.742. The van der Waals surface area contributed by atoms with E-state index in [9.17, 15) is 0 Å². The second kappa shape index (κ2) is 3.65. The van der Waals surface area contributed by atoms with Gasteiger partial charge in [-0.2, -0.15) is 0 Å². The predicted molar refractivity (Wildman–Crippen MR) is 46.3 cm³/mol. The highest BCUT2D eigenvalue weighted by Gasteiger charge is 1.85. The van der Waals surface area contributed by atoms with Gasteiger partial charge in [0.05, 0.1) is 0 Å². The van der Waals surface area contributed by atoms with E-state index in [-0.39, 0.29) is 0 Å². The topological polar surface area (TPSA) is 0 Å². The predicted octanol–water partition coefficient (Wildman–Crippen LogP) is 3.55. The first-order chi connectivity index (χ1) is 4.83. The van der Waals surface area contributed by atoms with Crippen LogP contribution in [-0.4, -0.2) is 0 Å². The molecule has 0 amide bonds. The minimum absolute atomic E-state index is 0.742. The Morgan fingerprint density at radius 2 is 1.70 bits per heavy atom. The Morgan fingerprint density at radius 3 is 2.20 bits per heavy atom. The fourth-order valence-electron chi connectivity index (χ4n) is 0.647. The fourth-order valence-corrected chi connectivity index (χ4v) is 0.918. The molecule has 0 N–H and O–H groups in total. The van der Waals surface area contributed by atoms with Gasteiger partial charge in [-0.15, -0.1) is 0 Å². The lowest BCUT2D eigenvalue weighted by molar-refractivity contribution is 1.66. The maximum Gasteiger partial charge on any atom is 0.0406 e. The van der Waals surface area contributed by atoms with Gasteiger partial charge in [-0.1, -0.05) is 35.3 Å². The lowest BCUT2D eigenvalue weighted by atomic mass is 10.2. The van der Waals surface area contributed by atoms with Crippen molar-refractivity contribution in [2.75, 3.05) is 0 Å². The normalized spacial score (nSPS) is 10.6. The van der Waals surface area contributed by atoms with Gasteiger partial charge in [0.2, 0.25) is 0 Å². The zero-order valence-corrected chi connectivity index (χ0v) is 6.73. The largest absolute Gasteiger partial charge is 0.0929 e. The van der Waals surface area contributed by atoms with Crippen LogP contribution in [0, 0.1) is 0 Å². The zero-order chi connectivity index (χ0) is 7.40. The SMILES string of the molecule is Cl/C=C\c1ccc(Cl)cc1. The Hall–Kier alpha value is -0.460. The zero-order valence-electron chi connectivity index (χ0n) is 5.22. The fraction of sp³-hybridized carbons (Fsp3) is 0. The van der Waals surface area contributed by atoms with Crippen LogP contribution in [0.3, 0.4) is 0 Å². The van der Waals surface area contributed by atoms with Crippen LogP contribution >= 0.6 is 23.2 Å². The Morgan fingerprint density at radius 1 is 1.10 bits per heavy atom. The molecule has 0 aliphatic carbocycles. The molecule has 0 nitrogen and oxygen atoms in total. The molecule has 0 bridgehead atoms. The van der Waals surface area contributed by atoms with Gasteiger partial charge in [0.1, 0.15) is 0 Å². The molecule has 1 rings (SSSR count). The van der Waals surface area contributed by atoms with E-state index in [0.29, 0.717) is 0 Å². The van der Waals surface area contributed by atoms with Crippen LogP contribution in [0.1, 0.15) is 5.56 Å². The van der Waals surface area contributed by atoms with Crippen molar-refractivity contribution >= 4 is 29.3 Å². The van der Waals surface area contributed by atoms with Crippen LogP contribution < -0.4 is 0 Å². The van der Waals surface area contributed by atoms with Crippen molar-refractivity contribution in [3.8, 4) is 0 Å². The van der Waals surface area contributed by atoms with Crippen molar-refractivity contribution in [1.29, 1.82) is 0 Å². The first-order valence-corrected chi connectivity index (χ1v) is 3.66. The number of halogens is 2. The van der Waals surface area contributed by atoms with Gasteiger partial charge in [-0.25, -0.2) is 0 Å². The molecular formula is C8H6Cl2. The van der Waals surface area contributed by atoms with Crippen molar-refractivity contribution in [1.82, 2.24) is 0 Å². The average Bonchev–Trinajstić information content (AvgIpc) is 1.95. The summed E-state index contributed by atoms with van der Waals surface area (Å²) in [4.78, 5) is 0. The van der Waals surface area contributed by atoms with E-state index in [1.54, 1.807) is 6.08 Å². The summed E-state index contributed by atoms with van der Waals surface area (Å²) in [5, 5.41) is 0.742. The molecule has 10 heavy (non-hydrogen) atoms. The van der Waals surface area contributed by atoms with Crippen LogP contribution in [0.15, 0.2) is 29.8 Å². The van der Waals surface area contributed by atoms with E-state index in [1.807, 2.05) is 24.3 Å². The van der Waals surface area contributed by atoms with Crippen LogP contribution in [0.5, 0.6) is 0 Å². The molecule has 1 aromatic rings. The van der Waals surface area contributed by atoms with Crippen molar-refractivity contribution < 1.29 is 0 Å². The molecule has 0 aliphatic heterocycles. The van der Waals surface area contributed by atoms with E-state index in [2.05, 4.69) is 0 Å².